The molecule has 0 amide bonds. The van der Waals surface area contributed by atoms with Gasteiger partial charge in [0, 0.05) is 28.7 Å². The molecule has 8 rings (SSSR count). The van der Waals surface area contributed by atoms with Crippen molar-refractivity contribution in [3.05, 3.63) is 72.5 Å². The van der Waals surface area contributed by atoms with Crippen LogP contribution in [0.2, 0.25) is 0 Å². The van der Waals surface area contributed by atoms with Crippen molar-refractivity contribution < 1.29 is 29.3 Å². The molecule has 6 aliphatic rings. The summed E-state index contributed by atoms with van der Waals surface area (Å²) in [5.74, 6) is -4.30. The highest BCUT2D eigenvalue weighted by atomic mass is 16.6. The lowest BCUT2D eigenvalue weighted by Crippen LogP contribution is -2.83. The van der Waals surface area contributed by atoms with Gasteiger partial charge in [-0.15, -0.1) is 0 Å². The summed E-state index contributed by atoms with van der Waals surface area (Å²) in [7, 11) is 0. The number of benzene rings is 1. The fourth-order valence-corrected chi connectivity index (χ4v) is 9.04. The zero-order chi connectivity index (χ0) is 27.4. The number of hydrogen-bond donors (Lipinski definition) is 2. The fourth-order valence-electron chi connectivity index (χ4n) is 9.04. The van der Waals surface area contributed by atoms with E-state index in [0.29, 0.717) is 24.1 Å². The lowest BCUT2D eigenvalue weighted by atomic mass is 9.37. The zero-order valence-electron chi connectivity index (χ0n) is 22.2. The minimum Gasteiger partial charge on any atom is -0.457 e. The molecule has 4 aliphatic carbocycles. The summed E-state index contributed by atoms with van der Waals surface area (Å²) in [5.41, 5.74) is -0.856. The first-order valence-corrected chi connectivity index (χ1v) is 13.8. The summed E-state index contributed by atoms with van der Waals surface area (Å²) < 4.78 is 12.2. The molecule has 2 saturated heterocycles. The number of aliphatic hydroxyl groups excluding tert-OH is 1. The molecule has 39 heavy (non-hydrogen) atoms. The van der Waals surface area contributed by atoms with Crippen LogP contribution in [0, 0.1) is 34.0 Å². The van der Waals surface area contributed by atoms with E-state index in [1.54, 1.807) is 6.08 Å². The van der Waals surface area contributed by atoms with Crippen LogP contribution >= 0.6 is 0 Å². The van der Waals surface area contributed by atoms with E-state index < -0.39 is 40.7 Å². The number of nitrogens with zero attached hydrogens (tertiary/aromatic N) is 1. The first-order valence-electron chi connectivity index (χ1n) is 13.8. The molecule has 2 aromatic rings. The van der Waals surface area contributed by atoms with Crippen molar-refractivity contribution in [3.8, 4) is 0 Å². The Balaban J connectivity index is 1.27. The Bertz CT molecular complexity index is 1490. The van der Waals surface area contributed by atoms with E-state index in [9.17, 15) is 19.8 Å². The van der Waals surface area contributed by atoms with Crippen LogP contribution in [0.25, 0.3) is 17.0 Å². The molecule has 7 nitrogen and oxygen atoms in total. The highest BCUT2D eigenvalue weighted by Crippen LogP contribution is 2.75. The Hall–Kier alpha value is -3.13. The van der Waals surface area contributed by atoms with E-state index in [1.807, 2.05) is 36.4 Å². The molecule has 7 heteroatoms. The molecule has 5 fully saturated rings. The summed E-state index contributed by atoms with van der Waals surface area (Å²) in [6.45, 7) is 8.46. The molecule has 8 atom stereocenters. The number of allylic oxidation sites excluding steroid dienone is 1. The smallest absolute Gasteiger partial charge is 0.331 e. The highest BCUT2D eigenvalue weighted by molar-refractivity contribution is 6.05. The van der Waals surface area contributed by atoms with Crippen molar-refractivity contribution in [1.29, 1.82) is 0 Å². The van der Waals surface area contributed by atoms with Gasteiger partial charge in [-0.1, -0.05) is 56.8 Å². The second-order valence-corrected chi connectivity index (χ2v) is 12.7. The van der Waals surface area contributed by atoms with Gasteiger partial charge in [-0.2, -0.15) is 0 Å². The van der Waals surface area contributed by atoms with Crippen LogP contribution < -0.4 is 0 Å². The summed E-state index contributed by atoms with van der Waals surface area (Å²) in [4.78, 5) is 31.9. The Morgan fingerprint density at radius 2 is 2.00 bits per heavy atom. The summed E-state index contributed by atoms with van der Waals surface area (Å²) in [5, 5.41) is 25.0. The number of para-hydroxylation sites is 1. The van der Waals surface area contributed by atoms with Crippen molar-refractivity contribution >= 4 is 28.7 Å². The number of aliphatic hydroxyl groups is 2. The maximum Gasteiger partial charge on any atom is 0.331 e. The fraction of sp³-hybridized carbons (Fsp3) is 0.469. The number of ketones is 1. The van der Waals surface area contributed by atoms with E-state index in [-0.39, 0.29) is 29.6 Å². The van der Waals surface area contributed by atoms with Gasteiger partial charge in [-0.05, 0) is 54.4 Å². The molecule has 202 valence electrons. The van der Waals surface area contributed by atoms with Gasteiger partial charge in [0.2, 0.25) is 5.79 Å². The first kappa shape index (κ1) is 24.9. The number of rotatable bonds is 3. The quantitative estimate of drug-likeness (QED) is 0.353. The number of hydrogen-bond acceptors (Lipinski definition) is 7. The van der Waals surface area contributed by atoms with Gasteiger partial charge in [-0.25, -0.2) is 9.78 Å². The van der Waals surface area contributed by atoms with Crippen LogP contribution in [0.3, 0.4) is 0 Å². The molecule has 2 aliphatic heterocycles. The third kappa shape index (κ3) is 2.96. The van der Waals surface area contributed by atoms with Crippen LogP contribution in [0.15, 0.2) is 66.8 Å². The van der Waals surface area contributed by atoms with Gasteiger partial charge < -0.3 is 19.7 Å². The Morgan fingerprint density at radius 1 is 1.21 bits per heavy atom. The Labute approximate surface area is 227 Å². The van der Waals surface area contributed by atoms with Gasteiger partial charge in [0.1, 0.15) is 17.6 Å². The number of aromatic nitrogens is 1. The second kappa shape index (κ2) is 7.96. The molecular weight excluding hydrogens is 494 g/mol. The monoisotopic (exact) mass is 527 g/mol. The molecule has 2 N–H and O–H groups in total. The SMILES string of the molecule is C=C1C(=O)[C@]23[C@H](OC(=O)/C=C/c4ccc5ccccc5n4)[C@H]1CC[C@H]2[C@]12C=CCC(C)(C)[C@H]1[C@H](O)[C@@]3(O)OC2. The maximum atomic E-state index is 14.1. The summed E-state index contributed by atoms with van der Waals surface area (Å²) in [6, 6.07) is 11.5. The third-order valence-electron chi connectivity index (χ3n) is 10.5. The predicted molar refractivity (Wildman–Crippen MR) is 144 cm³/mol. The molecule has 0 unspecified atom stereocenters. The van der Waals surface area contributed by atoms with Crippen LogP contribution in [-0.4, -0.2) is 51.6 Å². The van der Waals surface area contributed by atoms with Crippen molar-refractivity contribution in [1.82, 2.24) is 4.98 Å². The number of carbonyl (C=O) groups is 2. The standard InChI is InChI=1S/C32H33NO6/c1-18-21-12-13-23-30-16-6-15-29(2,3)25(30)27(36)32(37,38-17-30)31(23,26(18)35)28(21)39-24(34)14-11-20-10-9-19-7-4-5-8-22(19)33-20/h4-11,14,16,21,23,25,27-28,36-37H,1,12-13,15,17H2,2-3H3/b14-11+/t21-,23-,25+,27-,28+,30+,31-,32+/m0/s1. The van der Waals surface area contributed by atoms with Gasteiger partial charge in [-0.3, -0.25) is 4.79 Å². The predicted octanol–water partition coefficient (Wildman–Crippen LogP) is 3.99. The molecular formula is C32H33NO6. The van der Waals surface area contributed by atoms with E-state index >= 15 is 0 Å². The number of fused-ring (bicyclic) bond motifs is 3. The Kier molecular flexibility index (Phi) is 5.08. The van der Waals surface area contributed by atoms with Gasteiger partial charge in [0.15, 0.2) is 5.78 Å². The maximum absolute atomic E-state index is 14.1. The second-order valence-electron chi connectivity index (χ2n) is 12.7. The topological polar surface area (TPSA) is 106 Å². The summed E-state index contributed by atoms with van der Waals surface area (Å²) >= 11 is 0. The number of pyridine rings is 1. The van der Waals surface area contributed by atoms with Crippen LogP contribution in [0.5, 0.6) is 0 Å². The van der Waals surface area contributed by atoms with Gasteiger partial charge in [0.05, 0.1) is 17.8 Å². The highest BCUT2D eigenvalue weighted by Gasteiger charge is 2.86. The van der Waals surface area contributed by atoms with E-state index in [4.69, 9.17) is 9.47 Å². The van der Waals surface area contributed by atoms with E-state index in [2.05, 4.69) is 37.6 Å². The average Bonchev–Trinajstić information content (AvgIpc) is 3.02. The number of Topliss-reactive ketones (excluding diaryl/α,β-unsaturated/α-hetero) is 1. The Morgan fingerprint density at radius 3 is 2.82 bits per heavy atom. The number of esters is 1. The van der Waals surface area contributed by atoms with Crippen LogP contribution in [-0.2, 0) is 19.1 Å². The van der Waals surface area contributed by atoms with Crippen molar-refractivity contribution in [3.63, 3.8) is 0 Å². The van der Waals surface area contributed by atoms with E-state index in [0.717, 1.165) is 17.3 Å². The minimum absolute atomic E-state index is 0.205. The van der Waals surface area contributed by atoms with Crippen LogP contribution in [0.1, 0.15) is 38.8 Å². The molecule has 4 bridgehead atoms. The van der Waals surface area contributed by atoms with Crippen molar-refractivity contribution in [2.45, 2.75) is 51.1 Å². The van der Waals surface area contributed by atoms with Crippen molar-refractivity contribution in [2.75, 3.05) is 6.61 Å². The molecule has 1 aromatic carbocycles. The van der Waals surface area contributed by atoms with Gasteiger partial charge in [0.25, 0.3) is 0 Å². The molecule has 0 radical (unpaired) electrons. The molecule has 3 saturated carbocycles. The van der Waals surface area contributed by atoms with Gasteiger partial charge >= 0.3 is 5.97 Å². The average molecular weight is 528 g/mol. The molecule has 1 aromatic heterocycles. The number of carbonyl (C=O) groups excluding carboxylic acids is 2. The largest absolute Gasteiger partial charge is 0.457 e. The zero-order valence-corrected chi connectivity index (χ0v) is 22.2. The lowest BCUT2D eigenvalue weighted by Gasteiger charge is -2.72. The minimum atomic E-state index is -2.18. The first-order chi connectivity index (χ1) is 18.6. The molecule has 2 spiro atoms. The third-order valence-corrected chi connectivity index (χ3v) is 10.5. The lowest BCUT2D eigenvalue weighted by molar-refractivity contribution is -0.436. The number of ether oxygens (including phenoxy) is 2. The normalized spacial score (nSPS) is 41.6. The van der Waals surface area contributed by atoms with Crippen LogP contribution in [0.4, 0.5) is 0 Å². The molecule has 3 heterocycles. The summed E-state index contributed by atoms with van der Waals surface area (Å²) in [6.07, 6.45) is 6.78. The van der Waals surface area contributed by atoms with E-state index in [1.165, 1.54) is 6.08 Å². The van der Waals surface area contributed by atoms with Crippen molar-refractivity contribution in [2.24, 2.45) is 34.0 Å².